The predicted molar refractivity (Wildman–Crippen MR) is 130 cm³/mol. The van der Waals surface area contributed by atoms with Gasteiger partial charge < -0.3 is 9.47 Å². The molecule has 0 fully saturated rings. The van der Waals surface area contributed by atoms with Crippen LogP contribution in [0, 0.1) is 0 Å². The number of allylic oxidation sites excluding steroid dienone is 1. The molecule has 0 saturated heterocycles. The van der Waals surface area contributed by atoms with Gasteiger partial charge in [-0.15, -0.1) is 0 Å². The standard InChI is InChI=1S/C25H30N2O6S/c1-25(2,3)33-23(28)16-27-22-14-13-20(32-4)15-19(22)11-8-12-21(24(27)29)26-34(30,31)17-18-9-6-5-7-10-18/h5-10,12-15,21,26H,11,16-17H2,1-4H3/b12-8-/t21-/m0/s1. The normalized spacial score (nSPS) is 17.4. The molecule has 0 unspecified atom stereocenters. The van der Waals surface area contributed by atoms with Crippen molar-refractivity contribution < 1.29 is 27.5 Å². The number of nitrogens with one attached hydrogen (secondary N) is 1. The highest BCUT2D eigenvalue weighted by atomic mass is 32.2. The molecule has 2 aromatic carbocycles. The van der Waals surface area contributed by atoms with Crippen LogP contribution in [0.4, 0.5) is 5.69 Å². The molecule has 1 N–H and O–H groups in total. The van der Waals surface area contributed by atoms with Gasteiger partial charge in [0.05, 0.1) is 12.9 Å². The average Bonchev–Trinajstić information content (AvgIpc) is 2.74. The summed E-state index contributed by atoms with van der Waals surface area (Å²) >= 11 is 0. The summed E-state index contributed by atoms with van der Waals surface area (Å²) in [6.45, 7) is 4.85. The Morgan fingerprint density at radius 3 is 2.50 bits per heavy atom. The second kappa shape index (κ2) is 10.4. The summed E-state index contributed by atoms with van der Waals surface area (Å²) in [5.74, 6) is -0.842. The summed E-state index contributed by atoms with van der Waals surface area (Å²) in [7, 11) is -2.31. The predicted octanol–water partition coefficient (Wildman–Crippen LogP) is 2.97. The van der Waals surface area contributed by atoms with E-state index in [-0.39, 0.29) is 12.3 Å². The maximum atomic E-state index is 13.6. The van der Waals surface area contributed by atoms with Crippen molar-refractivity contribution in [3.8, 4) is 5.75 Å². The molecule has 1 aliphatic heterocycles. The van der Waals surface area contributed by atoms with Crippen molar-refractivity contribution in [3.05, 3.63) is 71.8 Å². The summed E-state index contributed by atoms with van der Waals surface area (Å²) in [5, 5.41) is 0. The van der Waals surface area contributed by atoms with Gasteiger partial charge in [-0.25, -0.2) is 8.42 Å². The molecule has 0 bridgehead atoms. The quantitative estimate of drug-likeness (QED) is 0.477. The van der Waals surface area contributed by atoms with Gasteiger partial charge in [-0.3, -0.25) is 14.5 Å². The van der Waals surface area contributed by atoms with Crippen LogP contribution in [0.15, 0.2) is 60.7 Å². The number of hydrogen-bond donors (Lipinski definition) is 1. The number of anilines is 1. The number of carbonyl (C=O) groups is 2. The molecule has 8 nitrogen and oxygen atoms in total. The Bertz CT molecular complexity index is 1170. The molecule has 1 amide bonds. The summed E-state index contributed by atoms with van der Waals surface area (Å²) in [6, 6.07) is 12.7. The SMILES string of the molecule is COc1ccc2c(c1)C/C=C\[C@H](NS(=O)(=O)Cc1ccccc1)C(=O)N2CC(=O)OC(C)(C)C. The van der Waals surface area contributed by atoms with Crippen molar-refractivity contribution in [2.45, 2.75) is 44.6 Å². The number of sulfonamides is 1. The lowest BCUT2D eigenvalue weighted by atomic mass is 10.0. The number of esters is 1. The zero-order valence-corrected chi connectivity index (χ0v) is 20.6. The molecule has 182 valence electrons. The third-order valence-corrected chi connectivity index (χ3v) is 6.32. The lowest BCUT2D eigenvalue weighted by molar-refractivity contribution is -0.153. The van der Waals surface area contributed by atoms with Gasteiger partial charge in [-0.05, 0) is 56.5 Å². The molecule has 9 heteroatoms. The molecule has 0 saturated carbocycles. The Labute approximate surface area is 200 Å². The van der Waals surface area contributed by atoms with E-state index >= 15 is 0 Å². The Morgan fingerprint density at radius 1 is 1.15 bits per heavy atom. The Balaban J connectivity index is 1.92. The molecule has 0 aromatic heterocycles. The number of amides is 1. The molecule has 34 heavy (non-hydrogen) atoms. The van der Waals surface area contributed by atoms with Crippen LogP contribution < -0.4 is 14.4 Å². The van der Waals surface area contributed by atoms with E-state index in [4.69, 9.17) is 9.47 Å². The number of hydrogen-bond acceptors (Lipinski definition) is 6. The molecular weight excluding hydrogens is 456 g/mol. The largest absolute Gasteiger partial charge is 0.497 e. The van der Waals surface area contributed by atoms with Crippen LogP contribution in [-0.4, -0.2) is 45.6 Å². The van der Waals surface area contributed by atoms with Crippen LogP contribution >= 0.6 is 0 Å². The first-order valence-corrected chi connectivity index (χ1v) is 12.5. The molecule has 1 heterocycles. The second-order valence-corrected chi connectivity index (χ2v) is 10.7. The topological polar surface area (TPSA) is 102 Å². The minimum absolute atomic E-state index is 0.273. The van der Waals surface area contributed by atoms with Crippen LogP contribution in [0.1, 0.15) is 31.9 Å². The van der Waals surface area contributed by atoms with Crippen molar-refractivity contribution in [3.63, 3.8) is 0 Å². The van der Waals surface area contributed by atoms with Gasteiger partial charge in [0.25, 0.3) is 0 Å². The fourth-order valence-electron chi connectivity index (χ4n) is 3.60. The van der Waals surface area contributed by atoms with Crippen molar-refractivity contribution in [2.75, 3.05) is 18.6 Å². The fourth-order valence-corrected chi connectivity index (χ4v) is 4.88. The van der Waals surface area contributed by atoms with Crippen LogP contribution in [0.25, 0.3) is 0 Å². The lowest BCUT2D eigenvalue weighted by Gasteiger charge is -2.30. The van der Waals surface area contributed by atoms with Crippen molar-refractivity contribution in [1.82, 2.24) is 4.72 Å². The van der Waals surface area contributed by atoms with Gasteiger partial charge >= 0.3 is 5.97 Å². The van der Waals surface area contributed by atoms with E-state index in [1.165, 1.54) is 11.0 Å². The highest BCUT2D eigenvalue weighted by Gasteiger charge is 2.32. The number of ether oxygens (including phenoxy) is 2. The maximum Gasteiger partial charge on any atom is 0.326 e. The fraction of sp³-hybridized carbons (Fsp3) is 0.360. The van der Waals surface area contributed by atoms with Crippen LogP contribution in [0.3, 0.4) is 0 Å². The second-order valence-electron chi connectivity index (χ2n) is 8.98. The number of carbonyl (C=O) groups excluding carboxylic acids is 2. The zero-order chi connectivity index (χ0) is 24.9. The zero-order valence-electron chi connectivity index (χ0n) is 19.8. The van der Waals surface area contributed by atoms with Crippen LogP contribution in [0.2, 0.25) is 0 Å². The number of rotatable bonds is 7. The van der Waals surface area contributed by atoms with Crippen LogP contribution in [0.5, 0.6) is 5.75 Å². The molecule has 3 rings (SSSR count). The number of benzene rings is 2. The van der Waals surface area contributed by atoms with E-state index in [0.29, 0.717) is 23.4 Å². The Morgan fingerprint density at radius 2 is 1.85 bits per heavy atom. The molecule has 2 aromatic rings. The van der Waals surface area contributed by atoms with Gasteiger partial charge in [0.1, 0.15) is 23.9 Å². The van der Waals surface area contributed by atoms with E-state index in [2.05, 4.69) is 4.72 Å². The van der Waals surface area contributed by atoms with E-state index < -0.39 is 33.5 Å². The van der Waals surface area contributed by atoms with Gasteiger partial charge in [-0.1, -0.05) is 42.5 Å². The number of fused-ring (bicyclic) bond motifs is 1. The first-order valence-electron chi connectivity index (χ1n) is 10.9. The Kier molecular flexibility index (Phi) is 7.78. The third-order valence-electron chi connectivity index (χ3n) is 4.99. The highest BCUT2D eigenvalue weighted by molar-refractivity contribution is 7.88. The lowest BCUT2D eigenvalue weighted by Crippen LogP contribution is -2.50. The Hall–Kier alpha value is -3.17. The van der Waals surface area contributed by atoms with Crippen molar-refractivity contribution >= 4 is 27.6 Å². The monoisotopic (exact) mass is 486 g/mol. The smallest absolute Gasteiger partial charge is 0.326 e. The van der Waals surface area contributed by atoms with Crippen LogP contribution in [-0.2, 0) is 36.5 Å². The molecular formula is C25H30N2O6S. The summed E-state index contributed by atoms with van der Waals surface area (Å²) < 4.78 is 38.9. The molecule has 0 spiro atoms. The third kappa shape index (κ3) is 6.91. The maximum absolute atomic E-state index is 13.6. The molecule has 1 aliphatic rings. The molecule has 0 radical (unpaired) electrons. The summed E-state index contributed by atoms with van der Waals surface area (Å²) in [5.41, 5.74) is 1.12. The average molecular weight is 487 g/mol. The summed E-state index contributed by atoms with van der Waals surface area (Å²) in [6.07, 6.45) is 3.66. The van der Waals surface area contributed by atoms with Gasteiger partial charge in [0.15, 0.2) is 0 Å². The number of nitrogens with zero attached hydrogens (tertiary/aromatic N) is 1. The molecule has 1 atom stereocenters. The minimum atomic E-state index is -3.85. The minimum Gasteiger partial charge on any atom is -0.497 e. The van der Waals surface area contributed by atoms with E-state index in [0.717, 1.165) is 5.56 Å². The first-order chi connectivity index (χ1) is 16.0. The van der Waals surface area contributed by atoms with Crippen molar-refractivity contribution in [2.24, 2.45) is 0 Å². The van der Waals surface area contributed by atoms with E-state index in [1.54, 1.807) is 82.5 Å². The number of methoxy groups -OCH3 is 1. The van der Waals surface area contributed by atoms with Gasteiger partial charge in [0.2, 0.25) is 15.9 Å². The van der Waals surface area contributed by atoms with E-state index in [1.807, 2.05) is 0 Å². The van der Waals surface area contributed by atoms with E-state index in [9.17, 15) is 18.0 Å². The molecule has 0 aliphatic carbocycles. The van der Waals surface area contributed by atoms with Gasteiger partial charge in [-0.2, -0.15) is 4.72 Å². The van der Waals surface area contributed by atoms with Crippen molar-refractivity contribution in [1.29, 1.82) is 0 Å². The highest BCUT2D eigenvalue weighted by Crippen LogP contribution is 2.29. The van der Waals surface area contributed by atoms with Gasteiger partial charge in [0, 0.05) is 5.69 Å². The first kappa shape index (κ1) is 25.5. The summed E-state index contributed by atoms with van der Waals surface area (Å²) in [4.78, 5) is 27.5.